The number of amides is 1. The number of carbonyl (C=O) groups excluding carboxylic acids is 1. The Morgan fingerprint density at radius 2 is 2.07 bits per heavy atom. The van der Waals surface area contributed by atoms with E-state index in [4.69, 9.17) is 13.7 Å². The zero-order valence-electron chi connectivity index (χ0n) is 15.4. The van der Waals surface area contributed by atoms with Crippen LogP contribution in [0.1, 0.15) is 23.2 Å². The highest BCUT2D eigenvalue weighted by Gasteiger charge is 2.15. The van der Waals surface area contributed by atoms with Gasteiger partial charge in [0.05, 0.1) is 13.2 Å². The van der Waals surface area contributed by atoms with Crippen molar-refractivity contribution >= 4 is 16.9 Å². The third-order valence-electron chi connectivity index (χ3n) is 4.04. The number of para-hydroxylation sites is 1. The largest absolute Gasteiger partial charge is 0.478 e. The van der Waals surface area contributed by atoms with E-state index in [9.17, 15) is 9.59 Å². The van der Waals surface area contributed by atoms with Crippen LogP contribution in [0.5, 0.6) is 5.88 Å². The van der Waals surface area contributed by atoms with Gasteiger partial charge in [0, 0.05) is 23.2 Å². The molecular weight excluding hydrogens is 376 g/mol. The maximum Gasteiger partial charge on any atom is 0.349 e. The first-order valence-corrected chi connectivity index (χ1v) is 8.87. The van der Waals surface area contributed by atoms with E-state index in [1.54, 1.807) is 42.6 Å². The number of benzene rings is 1. The van der Waals surface area contributed by atoms with E-state index >= 15 is 0 Å². The standard InChI is InChI=1S/C20H16N4O5/c1-2-27-16-8-7-13(10-21-16)18-23-17(29-24-18)11-22-19(25)14-9-12-5-3-4-6-15(12)28-20(14)26/h3-10H,2,11H2,1H3,(H,22,25). The Balaban J connectivity index is 1.45. The van der Waals surface area contributed by atoms with E-state index in [2.05, 4.69) is 20.4 Å². The van der Waals surface area contributed by atoms with Crippen molar-refractivity contribution in [1.82, 2.24) is 20.4 Å². The van der Waals surface area contributed by atoms with Crippen LogP contribution in [0.4, 0.5) is 0 Å². The van der Waals surface area contributed by atoms with Crippen molar-refractivity contribution in [2.75, 3.05) is 6.61 Å². The minimum absolute atomic E-state index is 0.0391. The summed E-state index contributed by atoms with van der Waals surface area (Å²) in [5.74, 6) is 0.427. The van der Waals surface area contributed by atoms with Crippen molar-refractivity contribution < 1.29 is 18.5 Å². The molecule has 3 aromatic heterocycles. The fourth-order valence-electron chi connectivity index (χ4n) is 2.66. The summed E-state index contributed by atoms with van der Waals surface area (Å²) >= 11 is 0. The number of nitrogens with one attached hydrogen (secondary N) is 1. The summed E-state index contributed by atoms with van der Waals surface area (Å²) in [6.07, 6.45) is 1.57. The number of fused-ring (bicyclic) bond motifs is 1. The Morgan fingerprint density at radius 1 is 1.21 bits per heavy atom. The molecule has 29 heavy (non-hydrogen) atoms. The van der Waals surface area contributed by atoms with Gasteiger partial charge in [-0.05, 0) is 25.1 Å². The lowest BCUT2D eigenvalue weighted by Crippen LogP contribution is -2.27. The van der Waals surface area contributed by atoms with Crippen molar-refractivity contribution in [3.05, 3.63) is 70.5 Å². The lowest BCUT2D eigenvalue weighted by Gasteiger charge is -2.02. The molecule has 9 heteroatoms. The first-order valence-electron chi connectivity index (χ1n) is 8.87. The Labute approximate surface area is 164 Å². The molecule has 0 unspecified atom stereocenters. The topological polar surface area (TPSA) is 120 Å². The average Bonchev–Trinajstić information content (AvgIpc) is 3.21. The van der Waals surface area contributed by atoms with Crippen LogP contribution in [0, 0.1) is 0 Å². The molecule has 0 fully saturated rings. The van der Waals surface area contributed by atoms with Crippen molar-refractivity contribution in [1.29, 1.82) is 0 Å². The van der Waals surface area contributed by atoms with Gasteiger partial charge in [0.1, 0.15) is 11.1 Å². The molecule has 0 bridgehead atoms. The molecule has 0 aliphatic carbocycles. The number of hydrogen-bond acceptors (Lipinski definition) is 8. The van der Waals surface area contributed by atoms with Gasteiger partial charge < -0.3 is 19.0 Å². The molecule has 0 saturated carbocycles. The number of rotatable bonds is 6. The molecule has 146 valence electrons. The van der Waals surface area contributed by atoms with Crippen LogP contribution in [-0.2, 0) is 6.54 Å². The van der Waals surface area contributed by atoms with Crippen LogP contribution in [0.15, 0.2) is 62.4 Å². The molecule has 1 amide bonds. The summed E-state index contributed by atoms with van der Waals surface area (Å²) in [7, 11) is 0. The zero-order chi connectivity index (χ0) is 20.2. The van der Waals surface area contributed by atoms with Crippen LogP contribution >= 0.6 is 0 Å². The van der Waals surface area contributed by atoms with Crippen molar-refractivity contribution in [2.24, 2.45) is 0 Å². The fraction of sp³-hybridized carbons (Fsp3) is 0.150. The molecule has 0 aliphatic rings. The highest BCUT2D eigenvalue weighted by atomic mass is 16.5. The molecule has 1 aromatic carbocycles. The quantitative estimate of drug-likeness (QED) is 0.497. The van der Waals surface area contributed by atoms with Gasteiger partial charge in [-0.3, -0.25) is 4.79 Å². The summed E-state index contributed by atoms with van der Waals surface area (Å²) in [5.41, 5.74) is 0.247. The monoisotopic (exact) mass is 392 g/mol. The molecule has 3 heterocycles. The third kappa shape index (κ3) is 3.98. The van der Waals surface area contributed by atoms with Crippen LogP contribution in [0.25, 0.3) is 22.4 Å². The first-order chi connectivity index (χ1) is 14.1. The molecular formula is C20H16N4O5. The van der Waals surface area contributed by atoms with Crippen molar-refractivity contribution in [2.45, 2.75) is 13.5 Å². The molecule has 0 aliphatic heterocycles. The van der Waals surface area contributed by atoms with Gasteiger partial charge >= 0.3 is 5.63 Å². The maximum absolute atomic E-state index is 12.4. The number of nitrogens with zero attached hydrogens (tertiary/aromatic N) is 3. The van der Waals surface area contributed by atoms with Gasteiger partial charge in [-0.15, -0.1) is 0 Å². The van der Waals surface area contributed by atoms with Gasteiger partial charge in [-0.2, -0.15) is 4.98 Å². The Hall–Kier alpha value is -4.01. The molecule has 9 nitrogen and oxygen atoms in total. The average molecular weight is 392 g/mol. The molecule has 4 rings (SSSR count). The van der Waals surface area contributed by atoms with Crippen LogP contribution < -0.4 is 15.7 Å². The van der Waals surface area contributed by atoms with Crippen molar-refractivity contribution in [3.63, 3.8) is 0 Å². The second kappa shape index (κ2) is 7.93. The second-order valence-electron chi connectivity index (χ2n) is 6.00. The highest BCUT2D eigenvalue weighted by molar-refractivity contribution is 5.96. The Morgan fingerprint density at radius 3 is 2.86 bits per heavy atom. The normalized spacial score (nSPS) is 10.8. The third-order valence-corrected chi connectivity index (χ3v) is 4.04. The molecule has 0 saturated heterocycles. The van der Waals surface area contributed by atoms with E-state index in [-0.39, 0.29) is 18.0 Å². The van der Waals surface area contributed by atoms with Crippen LogP contribution in [-0.4, -0.2) is 27.6 Å². The lowest BCUT2D eigenvalue weighted by atomic mass is 10.2. The molecule has 0 spiro atoms. The van der Waals surface area contributed by atoms with Crippen molar-refractivity contribution in [3.8, 4) is 17.3 Å². The molecule has 0 atom stereocenters. The predicted molar refractivity (Wildman–Crippen MR) is 102 cm³/mol. The van der Waals surface area contributed by atoms with Gasteiger partial charge in [0.25, 0.3) is 5.91 Å². The van der Waals surface area contributed by atoms with Gasteiger partial charge in [-0.1, -0.05) is 23.4 Å². The zero-order valence-corrected chi connectivity index (χ0v) is 15.4. The summed E-state index contributed by atoms with van der Waals surface area (Å²) < 4.78 is 15.6. The summed E-state index contributed by atoms with van der Waals surface area (Å²) in [4.78, 5) is 32.8. The lowest BCUT2D eigenvalue weighted by molar-refractivity contribution is 0.0942. The van der Waals surface area contributed by atoms with Gasteiger partial charge in [-0.25, -0.2) is 9.78 Å². The van der Waals surface area contributed by atoms with Crippen LogP contribution in [0.2, 0.25) is 0 Å². The van der Waals surface area contributed by atoms with E-state index < -0.39 is 11.5 Å². The molecule has 4 aromatic rings. The smallest absolute Gasteiger partial charge is 0.349 e. The van der Waals surface area contributed by atoms with E-state index in [0.717, 1.165) is 0 Å². The van der Waals surface area contributed by atoms with Crippen LogP contribution in [0.3, 0.4) is 0 Å². The predicted octanol–water partition coefficient (Wildman–Crippen LogP) is 2.57. The van der Waals surface area contributed by atoms with Gasteiger partial charge in [0.2, 0.25) is 17.6 Å². The first kappa shape index (κ1) is 18.4. The number of ether oxygens (including phenoxy) is 1. The number of aromatic nitrogens is 3. The SMILES string of the molecule is CCOc1ccc(-c2noc(CNC(=O)c3cc4ccccc4oc3=O)n2)cn1. The fourth-order valence-corrected chi connectivity index (χ4v) is 2.66. The van der Waals surface area contributed by atoms with E-state index in [0.29, 0.717) is 34.8 Å². The van der Waals surface area contributed by atoms with E-state index in [1.165, 1.54) is 6.07 Å². The molecule has 1 N–H and O–H groups in total. The number of pyridine rings is 1. The minimum atomic E-state index is -0.715. The number of hydrogen-bond donors (Lipinski definition) is 1. The minimum Gasteiger partial charge on any atom is -0.478 e. The Bertz CT molecular complexity index is 1210. The van der Waals surface area contributed by atoms with E-state index in [1.807, 2.05) is 6.92 Å². The Kier molecular flexibility index (Phi) is 5.02. The summed E-state index contributed by atoms with van der Waals surface area (Å²) in [5, 5.41) is 7.11. The second-order valence-corrected chi connectivity index (χ2v) is 6.00. The summed E-state index contributed by atoms with van der Waals surface area (Å²) in [6, 6.07) is 11.9. The molecule has 0 radical (unpaired) electrons. The number of carbonyl (C=O) groups is 1. The maximum atomic E-state index is 12.4. The summed E-state index contributed by atoms with van der Waals surface area (Å²) in [6.45, 7) is 2.35. The highest BCUT2D eigenvalue weighted by Crippen LogP contribution is 2.17. The van der Waals surface area contributed by atoms with Gasteiger partial charge in [0.15, 0.2) is 0 Å².